The molecule has 0 saturated carbocycles. The summed E-state index contributed by atoms with van der Waals surface area (Å²) in [5, 5.41) is 3.65. The summed E-state index contributed by atoms with van der Waals surface area (Å²) in [6, 6.07) is 9.26. The van der Waals surface area contributed by atoms with Gasteiger partial charge in [-0.3, -0.25) is 0 Å². The highest BCUT2D eigenvalue weighted by Gasteiger charge is 2.09. The lowest BCUT2D eigenvalue weighted by molar-refractivity contribution is 1.31. The molecule has 0 amide bonds. The first-order valence-corrected chi connectivity index (χ1v) is 6.98. The summed E-state index contributed by atoms with van der Waals surface area (Å²) >= 11 is 5.95. The number of aromatic nitrogens is 4. The quantitative estimate of drug-likeness (QED) is 0.389. The zero-order valence-corrected chi connectivity index (χ0v) is 12.1. The molecular formula is C16H10ClN5. The van der Waals surface area contributed by atoms with Gasteiger partial charge in [0.15, 0.2) is 0 Å². The Balaban J connectivity index is 1.76. The Morgan fingerprint density at radius 3 is 2.91 bits per heavy atom. The second-order valence-electron chi connectivity index (χ2n) is 4.82. The normalized spacial score (nSPS) is 10.9. The number of nitrogens with zero attached hydrogens (tertiary/aromatic N) is 2. The molecule has 22 heavy (non-hydrogen) atoms. The van der Waals surface area contributed by atoms with E-state index in [2.05, 4.69) is 31.2 Å². The third-order valence-corrected chi connectivity index (χ3v) is 3.60. The summed E-state index contributed by atoms with van der Waals surface area (Å²) in [7, 11) is 0. The molecule has 0 radical (unpaired) electrons. The van der Waals surface area contributed by atoms with Gasteiger partial charge < -0.3 is 15.3 Å². The average Bonchev–Trinajstić information content (AvgIpc) is 3.10. The smallest absolute Gasteiger partial charge is 0.205 e. The van der Waals surface area contributed by atoms with Crippen LogP contribution in [-0.2, 0) is 0 Å². The molecule has 4 rings (SSSR count). The first-order valence-electron chi connectivity index (χ1n) is 6.60. The van der Waals surface area contributed by atoms with Crippen LogP contribution in [-0.4, -0.2) is 19.9 Å². The maximum absolute atomic E-state index is 5.95. The molecule has 0 aliphatic rings. The number of H-pyrrole nitrogens is 2. The predicted molar refractivity (Wildman–Crippen MR) is 88.4 cm³/mol. The maximum atomic E-state index is 5.95. The molecule has 3 aromatic heterocycles. The SMILES string of the molecule is C#Cc1ccc2nc(Nc3c[nH]c4ccc(Cl)nc34)[nH]c2c1. The Labute approximate surface area is 130 Å². The fraction of sp³-hybridized carbons (Fsp3) is 0. The number of pyridine rings is 1. The van der Waals surface area contributed by atoms with Crippen molar-refractivity contribution in [2.24, 2.45) is 0 Å². The van der Waals surface area contributed by atoms with Crippen molar-refractivity contribution in [2.75, 3.05) is 5.32 Å². The van der Waals surface area contributed by atoms with Crippen molar-refractivity contribution in [3.8, 4) is 12.3 Å². The number of halogens is 1. The van der Waals surface area contributed by atoms with Crippen molar-refractivity contribution in [3.63, 3.8) is 0 Å². The fourth-order valence-corrected chi connectivity index (χ4v) is 2.50. The highest BCUT2D eigenvalue weighted by molar-refractivity contribution is 6.29. The van der Waals surface area contributed by atoms with E-state index in [0.717, 1.165) is 33.3 Å². The zero-order chi connectivity index (χ0) is 15.1. The highest BCUT2D eigenvalue weighted by atomic mass is 35.5. The molecular weight excluding hydrogens is 298 g/mol. The van der Waals surface area contributed by atoms with Gasteiger partial charge in [-0.2, -0.15) is 0 Å². The predicted octanol–water partition coefficient (Wildman–Crippen LogP) is 3.82. The minimum atomic E-state index is 0.443. The standard InChI is InChI=1S/C16H10ClN5/c1-2-9-3-4-10-12(7-9)20-16(19-10)21-13-8-18-11-5-6-14(17)22-15(11)13/h1,3-8,18H,(H2,19,20,21). The van der Waals surface area contributed by atoms with Crippen LogP contribution in [0.25, 0.3) is 22.1 Å². The summed E-state index contributed by atoms with van der Waals surface area (Å²) in [5.41, 5.74) is 4.99. The molecule has 3 heterocycles. The fourth-order valence-electron chi connectivity index (χ4n) is 2.36. The lowest BCUT2D eigenvalue weighted by Gasteiger charge is -1.99. The van der Waals surface area contributed by atoms with Gasteiger partial charge in [-0.05, 0) is 30.3 Å². The highest BCUT2D eigenvalue weighted by Crippen LogP contribution is 2.26. The Morgan fingerprint density at radius 1 is 1.14 bits per heavy atom. The molecule has 0 aliphatic carbocycles. The van der Waals surface area contributed by atoms with Crippen molar-refractivity contribution in [2.45, 2.75) is 0 Å². The van der Waals surface area contributed by atoms with Gasteiger partial charge in [0, 0.05) is 11.8 Å². The van der Waals surface area contributed by atoms with Crippen LogP contribution in [0.15, 0.2) is 36.5 Å². The summed E-state index contributed by atoms with van der Waals surface area (Å²) in [4.78, 5) is 15.1. The van der Waals surface area contributed by atoms with Crippen LogP contribution < -0.4 is 5.32 Å². The second kappa shape index (κ2) is 4.79. The molecule has 6 heteroatoms. The first-order chi connectivity index (χ1) is 10.7. The number of benzene rings is 1. The summed E-state index contributed by atoms with van der Waals surface area (Å²) < 4.78 is 0. The van der Waals surface area contributed by atoms with Crippen LogP contribution in [0.2, 0.25) is 5.15 Å². The Morgan fingerprint density at radius 2 is 2.05 bits per heavy atom. The number of hydrogen-bond donors (Lipinski definition) is 3. The van der Waals surface area contributed by atoms with E-state index in [1.54, 1.807) is 6.07 Å². The molecule has 0 aliphatic heterocycles. The molecule has 0 unspecified atom stereocenters. The van der Waals surface area contributed by atoms with Crippen molar-refractivity contribution >= 4 is 45.3 Å². The van der Waals surface area contributed by atoms with E-state index in [9.17, 15) is 0 Å². The molecule has 4 aromatic rings. The van der Waals surface area contributed by atoms with E-state index in [1.165, 1.54) is 0 Å². The van der Waals surface area contributed by atoms with Crippen molar-refractivity contribution < 1.29 is 0 Å². The molecule has 3 N–H and O–H groups in total. The molecule has 0 bridgehead atoms. The van der Waals surface area contributed by atoms with E-state index >= 15 is 0 Å². The van der Waals surface area contributed by atoms with Gasteiger partial charge in [-0.1, -0.05) is 17.5 Å². The first kappa shape index (κ1) is 12.7. The Bertz CT molecular complexity index is 1040. The molecule has 0 fully saturated rings. The summed E-state index contributed by atoms with van der Waals surface area (Å²) in [6.45, 7) is 0. The number of hydrogen-bond acceptors (Lipinski definition) is 3. The third kappa shape index (κ3) is 2.07. The Kier molecular flexibility index (Phi) is 2.78. The second-order valence-corrected chi connectivity index (χ2v) is 5.21. The van der Waals surface area contributed by atoms with Crippen molar-refractivity contribution in [3.05, 3.63) is 47.2 Å². The van der Waals surface area contributed by atoms with Gasteiger partial charge in [0.05, 0.1) is 22.2 Å². The van der Waals surface area contributed by atoms with Crippen molar-refractivity contribution in [1.29, 1.82) is 0 Å². The van der Waals surface area contributed by atoms with Crippen LogP contribution in [0, 0.1) is 12.3 Å². The van der Waals surface area contributed by atoms with E-state index in [-0.39, 0.29) is 0 Å². The topological polar surface area (TPSA) is 69.4 Å². The monoisotopic (exact) mass is 307 g/mol. The number of terminal acetylenes is 1. The van der Waals surface area contributed by atoms with Crippen LogP contribution in [0.1, 0.15) is 5.56 Å². The van der Waals surface area contributed by atoms with Crippen LogP contribution >= 0.6 is 11.6 Å². The minimum absolute atomic E-state index is 0.443. The summed E-state index contributed by atoms with van der Waals surface area (Å²) in [6.07, 6.45) is 7.24. The van der Waals surface area contributed by atoms with Gasteiger partial charge in [0.2, 0.25) is 5.95 Å². The molecule has 0 saturated heterocycles. The van der Waals surface area contributed by atoms with E-state index < -0.39 is 0 Å². The lowest BCUT2D eigenvalue weighted by atomic mass is 10.2. The number of nitrogens with one attached hydrogen (secondary N) is 3. The maximum Gasteiger partial charge on any atom is 0.205 e. The number of rotatable bonds is 2. The van der Waals surface area contributed by atoms with Gasteiger partial charge in [0.1, 0.15) is 10.7 Å². The van der Waals surface area contributed by atoms with E-state index in [0.29, 0.717) is 11.1 Å². The molecule has 0 spiro atoms. The van der Waals surface area contributed by atoms with Crippen LogP contribution in [0.4, 0.5) is 11.6 Å². The molecule has 1 aromatic carbocycles. The molecule has 106 valence electrons. The number of aromatic amines is 2. The number of fused-ring (bicyclic) bond motifs is 2. The Hall–Kier alpha value is -2.97. The van der Waals surface area contributed by atoms with Crippen molar-refractivity contribution in [1.82, 2.24) is 19.9 Å². The van der Waals surface area contributed by atoms with Crippen LogP contribution in [0.3, 0.4) is 0 Å². The van der Waals surface area contributed by atoms with Gasteiger partial charge in [0.25, 0.3) is 0 Å². The average molecular weight is 308 g/mol. The van der Waals surface area contributed by atoms with Gasteiger partial charge in [-0.15, -0.1) is 6.42 Å². The third-order valence-electron chi connectivity index (χ3n) is 3.39. The minimum Gasteiger partial charge on any atom is -0.358 e. The summed E-state index contributed by atoms with van der Waals surface area (Å²) in [5.74, 6) is 3.22. The van der Waals surface area contributed by atoms with Crippen LogP contribution in [0.5, 0.6) is 0 Å². The van der Waals surface area contributed by atoms with E-state index in [1.807, 2.05) is 30.5 Å². The molecule has 5 nitrogen and oxygen atoms in total. The largest absolute Gasteiger partial charge is 0.358 e. The van der Waals surface area contributed by atoms with Gasteiger partial charge in [-0.25, -0.2) is 9.97 Å². The number of anilines is 2. The number of imidazole rings is 1. The van der Waals surface area contributed by atoms with E-state index in [4.69, 9.17) is 18.0 Å². The lowest BCUT2D eigenvalue weighted by Crippen LogP contribution is -1.91. The zero-order valence-electron chi connectivity index (χ0n) is 11.3. The van der Waals surface area contributed by atoms with Gasteiger partial charge >= 0.3 is 0 Å². The molecule has 0 atom stereocenters.